The summed E-state index contributed by atoms with van der Waals surface area (Å²) in [4.78, 5) is 39.4. The second-order valence-corrected chi connectivity index (χ2v) is 23.9. The molecule has 0 N–H and O–H groups in total. The molecule has 4 rings (SSSR count). The Hall–Kier alpha value is -6.63. The predicted octanol–water partition coefficient (Wildman–Crippen LogP) is 20.1. The number of unbranched alkanes of at least 4 members (excludes halogenated alkanes) is 21. The van der Waals surface area contributed by atoms with Crippen molar-refractivity contribution < 1.29 is 42.8 Å². The molecule has 0 aromatic heterocycles. The van der Waals surface area contributed by atoms with Crippen LogP contribution < -0.4 is 14.2 Å². The highest BCUT2D eigenvalue weighted by Crippen LogP contribution is 2.44. The lowest BCUT2D eigenvalue weighted by Gasteiger charge is -2.21. The number of carbonyl (C=O) groups is 3. The van der Waals surface area contributed by atoms with Crippen molar-refractivity contribution >= 4 is 17.9 Å². The lowest BCUT2D eigenvalue weighted by atomic mass is 9.98. The Balaban J connectivity index is 2.02. The molecule has 0 unspecified atom stereocenters. The van der Waals surface area contributed by atoms with Gasteiger partial charge in [-0.15, -0.1) is 0 Å². The molecule has 4 aromatic rings. The standard InChI is InChI=1S/C78H108O9/c1-10-16-19-22-25-28-31-34-55-82-73-70(52-43-64-37-46-67(47-38-64)76(79)85-58-61(7)13-4)74(83-56-35-32-29-26-23-20-17-11-2)72(54-45-66-41-50-69(51-42-66)78(81)87-60-63(9)15-6)75(84-57-36-33-30-27-24-21-18-12-3)71(73)53-44-65-39-48-68(49-40-65)77(80)86-59-62(8)14-5/h37-42,46-51,61-63H,10-36,55-60H2,1-9H3/t61-,62-,63-/m0/s1. The molecule has 0 amide bonds. The van der Waals surface area contributed by atoms with Crippen LogP contribution in [0.1, 0.15) is 300 Å². The van der Waals surface area contributed by atoms with Gasteiger partial charge in [-0.05, 0) is 110 Å². The van der Waals surface area contributed by atoms with Crippen molar-refractivity contribution in [1.82, 2.24) is 0 Å². The van der Waals surface area contributed by atoms with Gasteiger partial charge in [-0.3, -0.25) is 0 Å². The number of ether oxygens (including phenoxy) is 6. The zero-order valence-electron chi connectivity index (χ0n) is 55.2. The summed E-state index contributed by atoms with van der Waals surface area (Å²) in [6.45, 7) is 21.5. The topological polar surface area (TPSA) is 107 Å². The smallest absolute Gasteiger partial charge is 0.338 e. The van der Waals surface area contributed by atoms with E-state index in [1.807, 2.05) is 36.4 Å². The molecule has 474 valence electrons. The fourth-order valence-corrected chi connectivity index (χ4v) is 9.42. The Morgan fingerprint density at radius 1 is 0.310 bits per heavy atom. The molecule has 9 heteroatoms. The molecule has 9 nitrogen and oxygen atoms in total. The molecule has 87 heavy (non-hydrogen) atoms. The van der Waals surface area contributed by atoms with Crippen LogP contribution in [0, 0.1) is 53.3 Å². The molecule has 0 spiro atoms. The highest BCUT2D eigenvalue weighted by Gasteiger charge is 2.27. The number of carbonyl (C=O) groups excluding carboxylic acids is 3. The van der Waals surface area contributed by atoms with Crippen molar-refractivity contribution in [3.05, 3.63) is 123 Å². The van der Waals surface area contributed by atoms with E-state index in [0.717, 1.165) is 77.0 Å². The summed E-state index contributed by atoms with van der Waals surface area (Å²) < 4.78 is 38.2. The molecule has 0 aliphatic heterocycles. The van der Waals surface area contributed by atoms with E-state index in [1.54, 1.807) is 36.4 Å². The predicted molar refractivity (Wildman–Crippen MR) is 357 cm³/mol. The maximum absolute atomic E-state index is 13.1. The Kier molecular flexibility index (Phi) is 37.5. The average Bonchev–Trinajstić information content (AvgIpc) is 2.46. The molecular formula is C78H108O9. The molecule has 4 aromatic carbocycles. The van der Waals surface area contributed by atoms with Crippen LogP contribution in [0.15, 0.2) is 72.8 Å². The third-order valence-electron chi connectivity index (χ3n) is 16.0. The Bertz CT molecular complexity index is 2450. The Labute approximate surface area is 526 Å². The van der Waals surface area contributed by atoms with Gasteiger partial charge >= 0.3 is 17.9 Å². The number of esters is 3. The van der Waals surface area contributed by atoms with E-state index in [9.17, 15) is 14.4 Å². The van der Waals surface area contributed by atoms with Gasteiger partial charge in [0.2, 0.25) is 0 Å². The van der Waals surface area contributed by atoms with Gasteiger partial charge in [-0.25, -0.2) is 14.4 Å². The molecule has 0 heterocycles. The highest BCUT2D eigenvalue weighted by molar-refractivity contribution is 5.90. The number of hydrogen-bond donors (Lipinski definition) is 0. The van der Waals surface area contributed by atoms with Crippen LogP contribution in [0.25, 0.3) is 0 Å². The van der Waals surface area contributed by atoms with Crippen molar-refractivity contribution in [3.8, 4) is 52.8 Å². The number of benzene rings is 4. The fraction of sp³-hybridized carbons (Fsp3) is 0.577. The van der Waals surface area contributed by atoms with Crippen LogP contribution in [0.3, 0.4) is 0 Å². The second kappa shape index (κ2) is 44.8. The lowest BCUT2D eigenvalue weighted by molar-refractivity contribution is 0.0438. The van der Waals surface area contributed by atoms with E-state index in [0.29, 0.717) is 107 Å². The second-order valence-electron chi connectivity index (χ2n) is 23.9. The highest BCUT2D eigenvalue weighted by atomic mass is 16.5. The third-order valence-corrected chi connectivity index (χ3v) is 16.0. The first kappa shape index (κ1) is 72.8. The lowest BCUT2D eigenvalue weighted by Crippen LogP contribution is -2.11. The van der Waals surface area contributed by atoms with Gasteiger partial charge in [0.25, 0.3) is 0 Å². The maximum atomic E-state index is 13.1. The van der Waals surface area contributed by atoms with Gasteiger partial charge in [-0.2, -0.15) is 0 Å². The van der Waals surface area contributed by atoms with Crippen LogP contribution in [0.2, 0.25) is 0 Å². The van der Waals surface area contributed by atoms with E-state index >= 15 is 0 Å². The van der Waals surface area contributed by atoms with Gasteiger partial charge < -0.3 is 28.4 Å². The van der Waals surface area contributed by atoms with Crippen molar-refractivity contribution in [1.29, 1.82) is 0 Å². The summed E-state index contributed by atoms with van der Waals surface area (Å²) in [5, 5.41) is 0. The van der Waals surface area contributed by atoms with E-state index < -0.39 is 0 Å². The van der Waals surface area contributed by atoms with Crippen molar-refractivity contribution in [2.45, 2.75) is 236 Å². The van der Waals surface area contributed by atoms with Crippen molar-refractivity contribution in [3.63, 3.8) is 0 Å². The van der Waals surface area contributed by atoms with Gasteiger partial charge in [-0.1, -0.05) is 252 Å². The largest absolute Gasteiger partial charge is 0.491 e. The van der Waals surface area contributed by atoms with Gasteiger partial charge in [0.1, 0.15) is 16.7 Å². The van der Waals surface area contributed by atoms with Gasteiger partial charge in [0, 0.05) is 16.7 Å². The zero-order chi connectivity index (χ0) is 62.7. The van der Waals surface area contributed by atoms with Crippen molar-refractivity contribution in [2.24, 2.45) is 17.8 Å². The van der Waals surface area contributed by atoms with Gasteiger partial charge in [0.05, 0.1) is 56.3 Å². The molecular weight excluding hydrogens is 1080 g/mol. The van der Waals surface area contributed by atoms with E-state index in [2.05, 4.69) is 97.8 Å². The van der Waals surface area contributed by atoms with Crippen LogP contribution in [0.4, 0.5) is 0 Å². The Morgan fingerprint density at radius 2 is 0.529 bits per heavy atom. The monoisotopic (exact) mass is 1190 g/mol. The first-order valence-electron chi connectivity index (χ1n) is 34.0. The quantitative estimate of drug-likeness (QED) is 0.0186. The van der Waals surface area contributed by atoms with Crippen LogP contribution >= 0.6 is 0 Å². The molecule has 0 saturated heterocycles. The summed E-state index contributed by atoms with van der Waals surface area (Å²) in [5.74, 6) is 22.0. The zero-order valence-corrected chi connectivity index (χ0v) is 55.2. The number of rotatable bonds is 42. The summed E-state index contributed by atoms with van der Waals surface area (Å²) in [6, 6.07) is 21.6. The third kappa shape index (κ3) is 28.8. The minimum atomic E-state index is -0.371. The van der Waals surface area contributed by atoms with Gasteiger partial charge in [0.15, 0.2) is 17.2 Å². The fourth-order valence-electron chi connectivity index (χ4n) is 9.42. The van der Waals surface area contributed by atoms with Crippen molar-refractivity contribution in [2.75, 3.05) is 39.6 Å². The first-order chi connectivity index (χ1) is 42.5. The minimum Gasteiger partial charge on any atom is -0.491 e. The van der Waals surface area contributed by atoms with Crippen LogP contribution in [-0.2, 0) is 14.2 Å². The first-order valence-corrected chi connectivity index (χ1v) is 34.0. The van der Waals surface area contributed by atoms with Crippen LogP contribution in [0.5, 0.6) is 17.2 Å². The van der Waals surface area contributed by atoms with E-state index in [1.165, 1.54) is 96.3 Å². The molecule has 3 atom stereocenters. The molecule has 0 aliphatic carbocycles. The average molecular weight is 1190 g/mol. The summed E-state index contributed by atoms with van der Waals surface area (Å²) in [7, 11) is 0. The molecule has 0 fully saturated rings. The summed E-state index contributed by atoms with van der Waals surface area (Å²) in [5.41, 5.74) is 4.88. The molecule has 0 aliphatic rings. The normalized spacial score (nSPS) is 11.8. The number of hydrogen-bond acceptors (Lipinski definition) is 9. The minimum absolute atomic E-state index is 0.259. The SMILES string of the molecule is CCCCCCCCCCOc1c(C#Cc2ccc(C(=O)OC[C@@H](C)CC)cc2)c(OCCCCCCCCCC)c(C#Cc2ccc(C(=O)OC[C@@H](C)CC)cc2)c(OCCCCCCCCCC)c1C#Cc1ccc(C(=O)OC[C@@H](C)CC)cc1. The molecule has 0 radical (unpaired) electrons. The maximum Gasteiger partial charge on any atom is 0.338 e. The molecule has 0 bridgehead atoms. The Morgan fingerprint density at radius 3 is 0.747 bits per heavy atom. The van der Waals surface area contributed by atoms with E-state index in [-0.39, 0.29) is 35.7 Å². The molecule has 0 saturated carbocycles. The van der Waals surface area contributed by atoms with Crippen LogP contribution in [-0.4, -0.2) is 57.5 Å². The summed E-state index contributed by atoms with van der Waals surface area (Å²) in [6.07, 6.45) is 30.0. The van der Waals surface area contributed by atoms with E-state index in [4.69, 9.17) is 28.4 Å². The summed E-state index contributed by atoms with van der Waals surface area (Å²) >= 11 is 0.